The van der Waals surface area contributed by atoms with E-state index in [1.165, 1.54) is 0 Å². The zero-order chi connectivity index (χ0) is 18.0. The van der Waals surface area contributed by atoms with Crippen LogP contribution in [0.2, 0.25) is 0 Å². The summed E-state index contributed by atoms with van der Waals surface area (Å²) in [5, 5.41) is 6.84. The van der Waals surface area contributed by atoms with E-state index in [1.807, 2.05) is 0 Å². The lowest BCUT2D eigenvalue weighted by molar-refractivity contribution is -0.119. The number of esters is 1. The predicted molar refractivity (Wildman–Crippen MR) is 86.4 cm³/mol. The van der Waals surface area contributed by atoms with Crippen molar-refractivity contribution in [1.82, 2.24) is 8.75 Å². The molecule has 0 atom stereocenters. The van der Waals surface area contributed by atoms with Crippen LogP contribution < -0.4 is 10.5 Å². The zero-order valence-electron chi connectivity index (χ0n) is 12.3. The molecule has 3 rings (SSSR count). The van der Waals surface area contributed by atoms with Gasteiger partial charge in [0.05, 0.1) is 17.4 Å². The molecule has 0 aliphatic heterocycles. The highest BCUT2D eigenvalue weighted by molar-refractivity contribution is 7.89. The van der Waals surface area contributed by atoms with Crippen molar-refractivity contribution in [2.45, 2.75) is 5.09 Å². The molecule has 3 N–H and O–H groups in total. The van der Waals surface area contributed by atoms with Crippen LogP contribution in [-0.2, 0) is 19.6 Å². The zero-order valence-corrected chi connectivity index (χ0v) is 14.0. The van der Waals surface area contributed by atoms with Crippen molar-refractivity contribution in [3.63, 3.8) is 0 Å². The third kappa shape index (κ3) is 3.81. The largest absolute Gasteiger partial charge is 0.450 e. The molecule has 0 spiro atoms. The number of nitrogens with zero attached hydrogens (tertiary/aromatic N) is 2. The molecule has 12 heteroatoms. The van der Waals surface area contributed by atoms with E-state index in [0.717, 1.165) is 23.9 Å². The molecule has 0 saturated heterocycles. The second-order valence-corrected chi connectivity index (χ2v) is 6.75. The Morgan fingerprint density at radius 3 is 2.76 bits per heavy atom. The molecule has 25 heavy (non-hydrogen) atoms. The first kappa shape index (κ1) is 17.0. The van der Waals surface area contributed by atoms with Crippen molar-refractivity contribution in [3.05, 3.63) is 36.1 Å². The van der Waals surface area contributed by atoms with Crippen molar-refractivity contribution in [2.24, 2.45) is 5.14 Å². The van der Waals surface area contributed by atoms with Crippen LogP contribution in [0.25, 0.3) is 11.0 Å². The maximum absolute atomic E-state index is 11.9. The number of furan rings is 1. The topological polar surface area (TPSA) is 154 Å². The second kappa shape index (κ2) is 6.58. The SMILES string of the molecule is NS(=O)(=O)c1ccc(C(=O)OCC(=O)Nc2cccc3nsnc23)o1. The maximum atomic E-state index is 11.9. The summed E-state index contributed by atoms with van der Waals surface area (Å²) in [4.78, 5) is 23.7. The number of nitrogens with one attached hydrogen (secondary N) is 1. The van der Waals surface area contributed by atoms with Crippen molar-refractivity contribution < 1.29 is 27.2 Å². The Morgan fingerprint density at radius 1 is 1.24 bits per heavy atom. The van der Waals surface area contributed by atoms with Gasteiger partial charge in [-0.05, 0) is 24.3 Å². The summed E-state index contributed by atoms with van der Waals surface area (Å²) in [5.41, 5.74) is 1.59. The number of hydrogen-bond acceptors (Lipinski definition) is 9. The summed E-state index contributed by atoms with van der Waals surface area (Å²) in [6, 6.07) is 7.18. The average Bonchev–Trinajstić information content (AvgIpc) is 3.21. The normalized spacial score (nSPS) is 11.4. The van der Waals surface area contributed by atoms with Crippen LogP contribution >= 0.6 is 11.7 Å². The predicted octanol–water partition coefficient (Wildman–Crippen LogP) is 0.727. The minimum Gasteiger partial charge on any atom is -0.450 e. The number of hydrogen-bond donors (Lipinski definition) is 2. The van der Waals surface area contributed by atoms with Gasteiger partial charge in [0, 0.05) is 0 Å². The number of ether oxygens (including phenoxy) is 1. The summed E-state index contributed by atoms with van der Waals surface area (Å²) in [6.07, 6.45) is 0. The fourth-order valence-corrected chi connectivity index (χ4v) is 2.89. The van der Waals surface area contributed by atoms with Gasteiger partial charge in [-0.2, -0.15) is 8.75 Å². The molecule has 1 amide bonds. The van der Waals surface area contributed by atoms with Crippen molar-refractivity contribution in [1.29, 1.82) is 0 Å². The van der Waals surface area contributed by atoms with E-state index in [4.69, 9.17) is 14.3 Å². The van der Waals surface area contributed by atoms with Gasteiger partial charge in [0.15, 0.2) is 6.61 Å². The highest BCUT2D eigenvalue weighted by atomic mass is 32.2. The fraction of sp³-hybridized carbons (Fsp3) is 0.0769. The fourth-order valence-electron chi connectivity index (χ4n) is 1.88. The van der Waals surface area contributed by atoms with Gasteiger partial charge in [-0.3, -0.25) is 4.79 Å². The Hall–Kier alpha value is -2.83. The molecule has 0 saturated carbocycles. The molecular formula is C13H10N4O6S2. The van der Waals surface area contributed by atoms with E-state index < -0.39 is 33.6 Å². The van der Waals surface area contributed by atoms with Gasteiger partial charge in [-0.1, -0.05) is 6.07 Å². The molecule has 0 radical (unpaired) electrons. The summed E-state index contributed by atoms with van der Waals surface area (Å²) in [6.45, 7) is -0.599. The van der Waals surface area contributed by atoms with Gasteiger partial charge >= 0.3 is 5.97 Å². The molecule has 1 aromatic carbocycles. The van der Waals surface area contributed by atoms with Gasteiger partial charge < -0.3 is 14.5 Å². The van der Waals surface area contributed by atoms with Crippen LogP contribution in [0.3, 0.4) is 0 Å². The Bertz CT molecular complexity index is 1060. The van der Waals surface area contributed by atoms with Crippen LogP contribution in [0, 0.1) is 0 Å². The number of anilines is 1. The van der Waals surface area contributed by atoms with Crippen LogP contribution in [-0.4, -0.2) is 35.6 Å². The molecule has 0 bridgehead atoms. The molecule has 0 unspecified atom stereocenters. The average molecular weight is 382 g/mol. The van der Waals surface area contributed by atoms with Gasteiger partial charge in [-0.25, -0.2) is 18.4 Å². The number of rotatable bonds is 5. The Kier molecular flexibility index (Phi) is 4.48. The van der Waals surface area contributed by atoms with Crippen molar-refractivity contribution in [3.8, 4) is 0 Å². The van der Waals surface area contributed by atoms with E-state index in [-0.39, 0.29) is 5.76 Å². The first-order chi connectivity index (χ1) is 11.8. The van der Waals surface area contributed by atoms with E-state index in [0.29, 0.717) is 16.7 Å². The number of fused-ring (bicyclic) bond motifs is 1. The first-order valence-corrected chi connectivity index (χ1v) is 8.93. The van der Waals surface area contributed by atoms with Crippen LogP contribution in [0.4, 0.5) is 5.69 Å². The molecule has 2 heterocycles. The summed E-state index contributed by atoms with van der Waals surface area (Å²) in [5.74, 6) is -1.99. The van der Waals surface area contributed by atoms with E-state index in [2.05, 4.69) is 14.1 Å². The highest BCUT2D eigenvalue weighted by Crippen LogP contribution is 2.21. The number of primary sulfonamides is 1. The van der Waals surface area contributed by atoms with Gasteiger partial charge in [0.2, 0.25) is 10.9 Å². The number of nitrogens with two attached hydrogens (primary N) is 1. The van der Waals surface area contributed by atoms with Gasteiger partial charge in [0.1, 0.15) is 11.0 Å². The number of amides is 1. The lowest BCUT2D eigenvalue weighted by Crippen LogP contribution is -2.21. The standard InChI is InChI=1S/C13H10N4O6S2/c14-25(20,21)11-5-4-9(23-11)13(19)22-6-10(18)15-7-2-1-3-8-12(7)17-24-16-8/h1-5H,6H2,(H,15,18)(H2,14,20,21). The Labute approximate surface area is 145 Å². The van der Waals surface area contributed by atoms with Gasteiger partial charge in [0.25, 0.3) is 15.9 Å². The summed E-state index contributed by atoms with van der Waals surface area (Å²) in [7, 11) is -4.07. The lowest BCUT2D eigenvalue weighted by atomic mass is 10.2. The van der Waals surface area contributed by atoms with Crippen LogP contribution in [0.15, 0.2) is 39.8 Å². The van der Waals surface area contributed by atoms with E-state index in [1.54, 1.807) is 18.2 Å². The smallest absolute Gasteiger partial charge is 0.374 e. The third-order valence-electron chi connectivity index (χ3n) is 2.96. The quantitative estimate of drug-likeness (QED) is 0.612. The maximum Gasteiger partial charge on any atom is 0.374 e. The van der Waals surface area contributed by atoms with Crippen LogP contribution in [0.5, 0.6) is 0 Å². The number of aromatic nitrogens is 2. The molecule has 0 fully saturated rings. The minimum atomic E-state index is -4.07. The molecule has 2 aromatic heterocycles. The third-order valence-corrected chi connectivity index (χ3v) is 4.28. The van der Waals surface area contributed by atoms with Gasteiger partial charge in [-0.15, -0.1) is 0 Å². The lowest BCUT2D eigenvalue weighted by Gasteiger charge is -2.06. The summed E-state index contributed by atoms with van der Waals surface area (Å²) >= 11 is 1.01. The molecule has 10 nitrogen and oxygen atoms in total. The molecule has 0 aliphatic rings. The molecular weight excluding hydrogens is 372 g/mol. The minimum absolute atomic E-state index is 0.386. The van der Waals surface area contributed by atoms with Crippen LogP contribution in [0.1, 0.15) is 10.6 Å². The number of sulfonamides is 1. The molecule has 0 aliphatic carbocycles. The highest BCUT2D eigenvalue weighted by Gasteiger charge is 2.19. The molecule has 3 aromatic rings. The Morgan fingerprint density at radius 2 is 2.04 bits per heavy atom. The van der Waals surface area contributed by atoms with E-state index >= 15 is 0 Å². The number of carbonyl (C=O) groups is 2. The van der Waals surface area contributed by atoms with E-state index in [9.17, 15) is 18.0 Å². The van der Waals surface area contributed by atoms with Crippen molar-refractivity contribution >= 4 is 50.3 Å². The van der Waals surface area contributed by atoms with Crippen molar-refractivity contribution in [2.75, 3.05) is 11.9 Å². The number of carbonyl (C=O) groups excluding carboxylic acids is 2. The molecule has 130 valence electrons. The number of benzene rings is 1. The monoisotopic (exact) mass is 382 g/mol. The summed E-state index contributed by atoms with van der Waals surface area (Å²) < 4.78 is 39.8. The first-order valence-electron chi connectivity index (χ1n) is 6.65. The Balaban J connectivity index is 1.61. The second-order valence-electron chi connectivity index (χ2n) is 4.73.